The lowest BCUT2D eigenvalue weighted by Gasteiger charge is -2.32. The fourth-order valence-corrected chi connectivity index (χ4v) is 4.31. The van der Waals surface area contributed by atoms with Crippen LogP contribution in [0.25, 0.3) is 0 Å². The van der Waals surface area contributed by atoms with Gasteiger partial charge in [0, 0.05) is 0 Å². The van der Waals surface area contributed by atoms with E-state index >= 15 is 0 Å². The molecule has 0 aromatic heterocycles. The molecule has 4 rings (SSSR count). The lowest BCUT2D eigenvalue weighted by atomic mass is 9.84. The Bertz CT molecular complexity index is 1020. The maximum absolute atomic E-state index is 13.7. The molecule has 1 saturated carbocycles. The van der Waals surface area contributed by atoms with E-state index in [0.29, 0.717) is 11.7 Å². The summed E-state index contributed by atoms with van der Waals surface area (Å²) in [5, 5.41) is 14.1. The Labute approximate surface area is 188 Å². The van der Waals surface area contributed by atoms with Crippen molar-refractivity contribution < 1.29 is 32.2 Å². The molecular weight excluding hydrogens is 440 g/mol. The second-order valence-corrected chi connectivity index (χ2v) is 8.44. The van der Waals surface area contributed by atoms with Gasteiger partial charge in [0.25, 0.3) is 11.6 Å². The quantitative estimate of drug-likeness (QED) is 0.624. The highest BCUT2D eigenvalue weighted by Crippen LogP contribution is 2.41. The average Bonchev–Trinajstić information content (AvgIpc) is 3.18. The maximum Gasteiger partial charge on any atom is 0.438 e. The van der Waals surface area contributed by atoms with Crippen molar-refractivity contribution in [2.45, 2.75) is 56.3 Å². The van der Waals surface area contributed by atoms with Crippen LogP contribution in [0, 0.1) is 5.82 Å². The molecule has 9 heteroatoms. The van der Waals surface area contributed by atoms with Gasteiger partial charge < -0.3 is 9.84 Å². The average molecular weight is 464 g/mol. The molecule has 1 fully saturated rings. The van der Waals surface area contributed by atoms with E-state index in [0.717, 1.165) is 25.0 Å². The standard InChI is InChI=1S/C24H24F4N2O3/c25-19-10-6-18(7-11-19)21-14-23(32,24(26,27)28)30(29-21)22(31)15-33-20-12-8-17(9-13-20)16-4-2-1-3-5-16/h6-13,16,32H,1-5,14-15H2/t23-/m0/s1. The molecule has 2 aromatic carbocycles. The smallest absolute Gasteiger partial charge is 0.438 e. The van der Waals surface area contributed by atoms with Gasteiger partial charge in [-0.2, -0.15) is 23.3 Å². The third-order valence-corrected chi connectivity index (χ3v) is 6.17. The molecule has 1 aliphatic carbocycles. The minimum absolute atomic E-state index is 0.0160. The first-order chi connectivity index (χ1) is 15.7. The summed E-state index contributed by atoms with van der Waals surface area (Å²) in [4.78, 5) is 12.6. The zero-order valence-corrected chi connectivity index (χ0v) is 17.8. The van der Waals surface area contributed by atoms with Crippen molar-refractivity contribution in [3.05, 3.63) is 65.5 Å². The van der Waals surface area contributed by atoms with Crippen molar-refractivity contribution in [2.75, 3.05) is 6.61 Å². The van der Waals surface area contributed by atoms with Gasteiger partial charge in [0.15, 0.2) is 6.61 Å². The summed E-state index contributed by atoms with van der Waals surface area (Å²) in [5.74, 6) is -0.900. The second-order valence-electron chi connectivity index (χ2n) is 8.44. The van der Waals surface area contributed by atoms with E-state index in [1.165, 1.54) is 37.0 Å². The van der Waals surface area contributed by atoms with Crippen LogP contribution in [0.5, 0.6) is 5.75 Å². The summed E-state index contributed by atoms with van der Waals surface area (Å²) < 4.78 is 59.6. The summed E-state index contributed by atoms with van der Waals surface area (Å²) in [6.45, 7) is -0.735. The molecular formula is C24H24F4N2O3. The van der Waals surface area contributed by atoms with E-state index in [1.807, 2.05) is 12.1 Å². The summed E-state index contributed by atoms with van der Waals surface area (Å²) in [6, 6.07) is 11.8. The van der Waals surface area contributed by atoms with Crippen molar-refractivity contribution in [3.63, 3.8) is 0 Å². The number of aliphatic hydroxyl groups is 1. The number of alkyl halides is 3. The molecule has 0 saturated heterocycles. The van der Waals surface area contributed by atoms with Crippen LogP contribution in [-0.2, 0) is 4.79 Å². The van der Waals surface area contributed by atoms with Crippen LogP contribution in [-0.4, -0.2) is 40.2 Å². The van der Waals surface area contributed by atoms with Crippen LogP contribution in [0.3, 0.4) is 0 Å². The van der Waals surface area contributed by atoms with Crippen molar-refractivity contribution in [1.29, 1.82) is 0 Å². The highest BCUT2D eigenvalue weighted by atomic mass is 19.4. The van der Waals surface area contributed by atoms with Crippen molar-refractivity contribution in [2.24, 2.45) is 5.10 Å². The van der Waals surface area contributed by atoms with E-state index < -0.39 is 36.7 Å². The SMILES string of the molecule is O=C(COc1ccc(C2CCCCC2)cc1)N1N=C(c2ccc(F)cc2)C[C@]1(O)C(F)(F)F. The molecule has 0 bridgehead atoms. The molecule has 33 heavy (non-hydrogen) atoms. The van der Waals surface area contributed by atoms with Crippen molar-refractivity contribution in [3.8, 4) is 5.75 Å². The number of amides is 1. The second kappa shape index (κ2) is 9.13. The van der Waals surface area contributed by atoms with Crippen molar-refractivity contribution in [1.82, 2.24) is 5.01 Å². The van der Waals surface area contributed by atoms with Gasteiger partial charge in [0.2, 0.25) is 0 Å². The van der Waals surface area contributed by atoms with Crippen molar-refractivity contribution >= 4 is 11.6 Å². The van der Waals surface area contributed by atoms with Gasteiger partial charge in [-0.1, -0.05) is 43.5 Å². The predicted octanol–water partition coefficient (Wildman–Crippen LogP) is 5.14. The molecule has 1 heterocycles. The number of benzene rings is 2. The number of halogens is 4. The number of ether oxygens (including phenoxy) is 1. The normalized spacial score (nSPS) is 21.7. The molecule has 1 aliphatic heterocycles. The number of nitrogens with zero attached hydrogens (tertiary/aromatic N) is 2. The lowest BCUT2D eigenvalue weighted by Crippen LogP contribution is -2.57. The first-order valence-corrected chi connectivity index (χ1v) is 10.9. The molecule has 2 aliphatic rings. The van der Waals surface area contributed by atoms with E-state index in [1.54, 1.807) is 12.1 Å². The molecule has 2 aromatic rings. The Balaban J connectivity index is 1.47. The van der Waals surface area contributed by atoms with E-state index in [4.69, 9.17) is 4.74 Å². The van der Waals surface area contributed by atoms with Gasteiger partial charge in [0.1, 0.15) is 11.6 Å². The largest absolute Gasteiger partial charge is 0.484 e. The van der Waals surface area contributed by atoms with Crippen LogP contribution in [0.1, 0.15) is 55.6 Å². The minimum atomic E-state index is -5.16. The Morgan fingerprint density at radius 2 is 1.70 bits per heavy atom. The number of hydrazone groups is 1. The van der Waals surface area contributed by atoms with Gasteiger partial charge in [0.05, 0.1) is 12.1 Å². The first-order valence-electron chi connectivity index (χ1n) is 10.9. The highest BCUT2D eigenvalue weighted by Gasteiger charge is 2.63. The Morgan fingerprint density at radius 3 is 2.30 bits per heavy atom. The maximum atomic E-state index is 13.7. The number of carbonyl (C=O) groups excluding carboxylic acids is 1. The van der Waals surface area contributed by atoms with Gasteiger partial charge in [-0.3, -0.25) is 4.79 Å². The Morgan fingerprint density at radius 1 is 1.06 bits per heavy atom. The summed E-state index contributed by atoms with van der Waals surface area (Å²) in [6.07, 6.45) is -0.257. The monoisotopic (exact) mass is 464 g/mol. The van der Waals surface area contributed by atoms with Crippen LogP contribution in [0.15, 0.2) is 53.6 Å². The van der Waals surface area contributed by atoms with Crippen LogP contribution in [0.2, 0.25) is 0 Å². The summed E-state index contributed by atoms with van der Waals surface area (Å²) >= 11 is 0. The molecule has 176 valence electrons. The summed E-state index contributed by atoms with van der Waals surface area (Å²) in [5.41, 5.74) is -2.34. The van der Waals surface area contributed by atoms with Gasteiger partial charge in [-0.05, 0) is 54.2 Å². The van der Waals surface area contributed by atoms with Crippen LogP contribution < -0.4 is 4.74 Å². The van der Waals surface area contributed by atoms with E-state index in [2.05, 4.69) is 5.10 Å². The van der Waals surface area contributed by atoms with Crippen LogP contribution >= 0.6 is 0 Å². The number of hydrogen-bond acceptors (Lipinski definition) is 4. The number of hydrogen-bond donors (Lipinski definition) is 1. The molecule has 0 spiro atoms. The minimum Gasteiger partial charge on any atom is -0.484 e. The number of carbonyl (C=O) groups is 1. The summed E-state index contributed by atoms with van der Waals surface area (Å²) in [7, 11) is 0. The van der Waals surface area contributed by atoms with Crippen LogP contribution in [0.4, 0.5) is 17.6 Å². The fourth-order valence-electron chi connectivity index (χ4n) is 4.31. The molecule has 0 radical (unpaired) electrons. The fraction of sp³-hybridized carbons (Fsp3) is 0.417. The van der Waals surface area contributed by atoms with Gasteiger partial charge in [-0.15, -0.1) is 0 Å². The molecule has 5 nitrogen and oxygen atoms in total. The highest BCUT2D eigenvalue weighted by molar-refractivity contribution is 6.03. The van der Waals surface area contributed by atoms with Gasteiger partial charge in [-0.25, -0.2) is 4.39 Å². The first kappa shape index (κ1) is 23.2. The topological polar surface area (TPSA) is 62.1 Å². The number of rotatable bonds is 5. The molecule has 0 unspecified atom stereocenters. The van der Waals surface area contributed by atoms with E-state index in [9.17, 15) is 27.5 Å². The van der Waals surface area contributed by atoms with Gasteiger partial charge >= 0.3 is 6.18 Å². The molecule has 1 amide bonds. The Hall–Kier alpha value is -2.94. The lowest BCUT2D eigenvalue weighted by molar-refractivity contribution is -0.302. The molecule has 1 N–H and O–H groups in total. The predicted molar refractivity (Wildman–Crippen MR) is 113 cm³/mol. The zero-order chi connectivity index (χ0) is 23.6. The zero-order valence-electron chi connectivity index (χ0n) is 17.8. The Kier molecular flexibility index (Phi) is 6.43. The third-order valence-electron chi connectivity index (χ3n) is 6.17. The third kappa shape index (κ3) is 4.88. The molecule has 1 atom stereocenters. The van der Waals surface area contributed by atoms with E-state index in [-0.39, 0.29) is 16.3 Å².